The van der Waals surface area contributed by atoms with Gasteiger partial charge in [-0.1, -0.05) is 6.92 Å². The molecule has 2 aliphatic heterocycles. The van der Waals surface area contributed by atoms with E-state index in [4.69, 9.17) is 0 Å². The molecule has 0 spiro atoms. The second-order valence-electron chi connectivity index (χ2n) is 4.35. The maximum Gasteiger partial charge on any atom is 0.237 e. The summed E-state index contributed by atoms with van der Waals surface area (Å²) in [5.74, 6) is 2.74. The lowest BCUT2D eigenvalue weighted by atomic mass is 10.3. The van der Waals surface area contributed by atoms with Crippen molar-refractivity contribution in [2.45, 2.75) is 19.5 Å². The molecule has 92 valence electrons. The number of amides is 1. The van der Waals surface area contributed by atoms with Crippen LogP contribution in [0.15, 0.2) is 0 Å². The van der Waals surface area contributed by atoms with Crippen molar-refractivity contribution in [2.75, 3.05) is 44.2 Å². The number of rotatable bonds is 4. The van der Waals surface area contributed by atoms with E-state index in [1.54, 1.807) is 0 Å². The minimum absolute atomic E-state index is 0.262. The van der Waals surface area contributed by atoms with Gasteiger partial charge in [0.15, 0.2) is 0 Å². The Morgan fingerprint density at radius 3 is 2.81 bits per heavy atom. The Morgan fingerprint density at radius 2 is 2.12 bits per heavy atom. The summed E-state index contributed by atoms with van der Waals surface area (Å²) < 4.78 is 0. The van der Waals surface area contributed by atoms with Gasteiger partial charge in [0.25, 0.3) is 0 Å². The number of carbonyl (C=O) groups excluding carboxylic acids is 1. The predicted octanol–water partition coefficient (Wildman–Crippen LogP) is 0.203. The Balaban J connectivity index is 1.77. The summed E-state index contributed by atoms with van der Waals surface area (Å²) in [6, 6.07) is 0. The Bertz CT molecular complexity index is 243. The lowest BCUT2D eigenvalue weighted by molar-refractivity contribution is -0.128. The van der Waals surface area contributed by atoms with E-state index in [2.05, 4.69) is 17.1 Å². The van der Waals surface area contributed by atoms with Crippen molar-refractivity contribution in [3.8, 4) is 0 Å². The molecule has 0 radical (unpaired) electrons. The maximum atomic E-state index is 11.7. The van der Waals surface area contributed by atoms with Crippen molar-refractivity contribution in [1.82, 2.24) is 15.1 Å². The molecule has 2 fully saturated rings. The van der Waals surface area contributed by atoms with Crippen LogP contribution in [0.5, 0.6) is 0 Å². The summed E-state index contributed by atoms with van der Waals surface area (Å²) in [7, 11) is 0. The smallest absolute Gasteiger partial charge is 0.237 e. The standard InChI is InChI=1S/C11H21N3OS/c1-2-10-12-9-11(15)14(10)4-3-13-5-7-16-8-6-13/h10,12H,2-9H2,1H3. The van der Waals surface area contributed by atoms with Gasteiger partial charge in [0.05, 0.1) is 12.7 Å². The molecule has 4 nitrogen and oxygen atoms in total. The van der Waals surface area contributed by atoms with Crippen molar-refractivity contribution in [3.05, 3.63) is 0 Å². The van der Waals surface area contributed by atoms with E-state index in [-0.39, 0.29) is 12.1 Å². The minimum atomic E-state index is 0.262. The molecule has 1 amide bonds. The van der Waals surface area contributed by atoms with Gasteiger partial charge < -0.3 is 4.90 Å². The lowest BCUT2D eigenvalue weighted by Crippen LogP contribution is -2.44. The first-order valence-corrected chi connectivity index (χ1v) is 7.29. The van der Waals surface area contributed by atoms with E-state index in [1.807, 2.05) is 16.7 Å². The Labute approximate surface area is 102 Å². The van der Waals surface area contributed by atoms with Crippen LogP contribution in [0.3, 0.4) is 0 Å². The summed E-state index contributed by atoms with van der Waals surface area (Å²) in [5, 5.41) is 3.25. The molecule has 16 heavy (non-hydrogen) atoms. The zero-order valence-electron chi connectivity index (χ0n) is 9.95. The van der Waals surface area contributed by atoms with Gasteiger partial charge in [-0.2, -0.15) is 11.8 Å². The first kappa shape index (κ1) is 12.2. The molecule has 2 rings (SSSR count). The summed E-state index contributed by atoms with van der Waals surface area (Å²) in [5.41, 5.74) is 0. The monoisotopic (exact) mass is 243 g/mol. The van der Waals surface area contributed by atoms with E-state index in [0.717, 1.165) is 19.5 Å². The fourth-order valence-corrected chi connectivity index (χ4v) is 3.29. The Hall–Kier alpha value is -0.260. The van der Waals surface area contributed by atoms with Gasteiger partial charge in [0.1, 0.15) is 0 Å². The second-order valence-corrected chi connectivity index (χ2v) is 5.57. The van der Waals surface area contributed by atoms with Crippen LogP contribution < -0.4 is 5.32 Å². The largest absolute Gasteiger partial charge is 0.325 e. The highest BCUT2D eigenvalue weighted by atomic mass is 32.2. The molecule has 1 N–H and O–H groups in total. The number of carbonyl (C=O) groups is 1. The molecule has 0 aromatic rings. The van der Waals surface area contributed by atoms with Gasteiger partial charge in [-0.3, -0.25) is 15.0 Å². The molecule has 0 bridgehead atoms. The normalized spacial score (nSPS) is 27.7. The van der Waals surface area contributed by atoms with Gasteiger partial charge in [-0.25, -0.2) is 0 Å². The number of nitrogens with one attached hydrogen (secondary N) is 1. The van der Waals surface area contributed by atoms with Crippen LogP contribution in [0.1, 0.15) is 13.3 Å². The summed E-state index contributed by atoms with van der Waals surface area (Å²) in [4.78, 5) is 16.1. The first-order chi connectivity index (χ1) is 7.81. The topological polar surface area (TPSA) is 35.6 Å². The number of hydrogen-bond acceptors (Lipinski definition) is 4. The third-order valence-electron chi connectivity index (χ3n) is 3.33. The molecule has 0 aromatic heterocycles. The zero-order valence-corrected chi connectivity index (χ0v) is 10.8. The molecule has 2 aliphatic rings. The molecule has 0 aromatic carbocycles. The van der Waals surface area contributed by atoms with Gasteiger partial charge in [-0.05, 0) is 6.42 Å². The Kier molecular flexibility index (Phi) is 4.49. The van der Waals surface area contributed by atoms with Crippen molar-refractivity contribution < 1.29 is 4.79 Å². The Morgan fingerprint density at radius 1 is 1.38 bits per heavy atom. The molecule has 5 heteroatoms. The van der Waals surface area contributed by atoms with E-state index in [0.29, 0.717) is 6.54 Å². The molecule has 1 unspecified atom stereocenters. The van der Waals surface area contributed by atoms with Crippen molar-refractivity contribution in [3.63, 3.8) is 0 Å². The van der Waals surface area contributed by atoms with E-state index < -0.39 is 0 Å². The predicted molar refractivity (Wildman–Crippen MR) is 67.6 cm³/mol. The van der Waals surface area contributed by atoms with E-state index >= 15 is 0 Å². The minimum Gasteiger partial charge on any atom is -0.325 e. The van der Waals surface area contributed by atoms with Crippen molar-refractivity contribution in [1.29, 1.82) is 0 Å². The fraction of sp³-hybridized carbons (Fsp3) is 0.909. The van der Waals surface area contributed by atoms with Gasteiger partial charge in [0.2, 0.25) is 5.91 Å². The quantitative estimate of drug-likeness (QED) is 0.765. The summed E-state index contributed by atoms with van der Waals surface area (Å²) >= 11 is 2.03. The van der Waals surface area contributed by atoms with Crippen molar-refractivity contribution >= 4 is 17.7 Å². The third-order valence-corrected chi connectivity index (χ3v) is 4.28. The molecule has 0 aliphatic carbocycles. The number of thioether (sulfide) groups is 1. The van der Waals surface area contributed by atoms with E-state index in [9.17, 15) is 4.79 Å². The second kappa shape index (κ2) is 5.89. The molecule has 0 saturated carbocycles. The lowest BCUT2D eigenvalue weighted by Gasteiger charge is -2.30. The maximum absolute atomic E-state index is 11.7. The third kappa shape index (κ3) is 2.90. The summed E-state index contributed by atoms with van der Waals surface area (Å²) in [6.45, 7) is 6.92. The highest BCUT2D eigenvalue weighted by Crippen LogP contribution is 2.11. The average molecular weight is 243 g/mol. The van der Waals surface area contributed by atoms with Crippen LogP contribution in [0, 0.1) is 0 Å². The van der Waals surface area contributed by atoms with Gasteiger partial charge in [-0.15, -0.1) is 0 Å². The van der Waals surface area contributed by atoms with Crippen LogP contribution >= 0.6 is 11.8 Å². The van der Waals surface area contributed by atoms with Crippen molar-refractivity contribution in [2.24, 2.45) is 0 Å². The fourth-order valence-electron chi connectivity index (χ4n) is 2.31. The number of hydrogen-bond donors (Lipinski definition) is 1. The van der Waals surface area contributed by atoms with Crippen LogP contribution in [-0.4, -0.2) is 66.1 Å². The van der Waals surface area contributed by atoms with Crippen LogP contribution in [-0.2, 0) is 4.79 Å². The van der Waals surface area contributed by atoms with Crippen LogP contribution in [0.2, 0.25) is 0 Å². The molecular formula is C11H21N3OS. The summed E-state index contributed by atoms with van der Waals surface area (Å²) in [6.07, 6.45) is 1.27. The highest BCUT2D eigenvalue weighted by molar-refractivity contribution is 7.99. The molecule has 1 atom stereocenters. The SMILES string of the molecule is CCC1NCC(=O)N1CCN1CCSCC1. The highest BCUT2D eigenvalue weighted by Gasteiger charge is 2.28. The van der Waals surface area contributed by atoms with Crippen LogP contribution in [0.25, 0.3) is 0 Å². The van der Waals surface area contributed by atoms with E-state index in [1.165, 1.54) is 24.6 Å². The van der Waals surface area contributed by atoms with Gasteiger partial charge >= 0.3 is 0 Å². The average Bonchev–Trinajstić information content (AvgIpc) is 2.69. The zero-order chi connectivity index (χ0) is 11.4. The number of nitrogens with zero attached hydrogens (tertiary/aromatic N) is 2. The van der Waals surface area contributed by atoms with Crippen LogP contribution in [0.4, 0.5) is 0 Å². The first-order valence-electron chi connectivity index (χ1n) is 6.14. The van der Waals surface area contributed by atoms with Gasteiger partial charge in [0, 0.05) is 37.7 Å². The molecule has 2 saturated heterocycles. The molecular weight excluding hydrogens is 222 g/mol. The molecule has 2 heterocycles.